The number of primary amides is 1. The van der Waals surface area contributed by atoms with E-state index in [0.717, 1.165) is 24.2 Å². The molecule has 1 aliphatic heterocycles. The second kappa shape index (κ2) is 4.75. The Hall–Kier alpha value is -1.56. The quantitative estimate of drug-likeness (QED) is 0.811. The Morgan fingerprint density at radius 1 is 1.59 bits per heavy atom. The van der Waals surface area contributed by atoms with Crippen molar-refractivity contribution >= 4 is 23.2 Å². The number of halogens is 1. The molecule has 2 N–H and O–H groups in total. The second-order valence-corrected chi connectivity index (χ2v) is 4.17. The topological polar surface area (TPSA) is 81.2 Å². The van der Waals surface area contributed by atoms with Crippen LogP contribution in [0.15, 0.2) is 11.0 Å². The van der Waals surface area contributed by atoms with E-state index in [2.05, 4.69) is 11.5 Å². The predicted molar refractivity (Wildman–Crippen MR) is 63.8 cm³/mol. The Balaban J connectivity index is 2.35. The van der Waals surface area contributed by atoms with Gasteiger partial charge in [0, 0.05) is 13.1 Å². The molecule has 2 heterocycles. The molecule has 2 rings (SSSR count). The van der Waals surface area contributed by atoms with Gasteiger partial charge in [-0.2, -0.15) is 5.10 Å². The summed E-state index contributed by atoms with van der Waals surface area (Å²) in [6, 6.07) is 0. The Morgan fingerprint density at radius 2 is 2.35 bits per heavy atom. The summed E-state index contributed by atoms with van der Waals surface area (Å²) < 4.78 is 0.966. The third-order valence-corrected chi connectivity index (χ3v) is 2.92. The van der Waals surface area contributed by atoms with E-state index in [4.69, 9.17) is 17.3 Å². The van der Waals surface area contributed by atoms with Crippen molar-refractivity contribution in [2.24, 2.45) is 5.73 Å². The van der Waals surface area contributed by atoms with Crippen LogP contribution in [-0.2, 0) is 11.3 Å². The molecule has 0 aromatic carbocycles. The number of hydrogen-bond donors (Lipinski definition) is 1. The van der Waals surface area contributed by atoms with Gasteiger partial charge >= 0.3 is 0 Å². The maximum absolute atomic E-state index is 11.8. The van der Waals surface area contributed by atoms with Crippen LogP contribution in [0.5, 0.6) is 0 Å². The van der Waals surface area contributed by atoms with Gasteiger partial charge in [-0.1, -0.05) is 11.6 Å². The van der Waals surface area contributed by atoms with Gasteiger partial charge in [0.15, 0.2) is 0 Å². The van der Waals surface area contributed by atoms with E-state index >= 15 is 0 Å². The van der Waals surface area contributed by atoms with E-state index in [1.165, 1.54) is 6.20 Å². The first kappa shape index (κ1) is 11.9. The number of carbonyl (C=O) groups is 1. The average Bonchev–Trinajstić information content (AvgIpc) is 2.78. The first-order chi connectivity index (χ1) is 8.09. The molecule has 91 valence electrons. The van der Waals surface area contributed by atoms with Crippen molar-refractivity contribution in [3.05, 3.63) is 28.0 Å². The number of amides is 1. The number of aromatic nitrogens is 2. The molecule has 1 aliphatic rings. The first-order valence-electron chi connectivity index (χ1n) is 5.20. The molecule has 1 radical (unpaired) electrons. The van der Waals surface area contributed by atoms with Crippen molar-refractivity contribution in [1.29, 1.82) is 0 Å². The molecule has 17 heavy (non-hydrogen) atoms. The molecule has 7 heteroatoms. The minimum Gasteiger partial charge on any atom is -0.369 e. The van der Waals surface area contributed by atoms with Crippen LogP contribution in [0.3, 0.4) is 0 Å². The third kappa shape index (κ3) is 2.41. The van der Waals surface area contributed by atoms with Crippen molar-refractivity contribution in [3.63, 3.8) is 0 Å². The molecule has 0 bridgehead atoms. The van der Waals surface area contributed by atoms with Crippen LogP contribution in [0.2, 0.25) is 5.02 Å². The fourth-order valence-electron chi connectivity index (χ4n) is 1.74. The first-order valence-corrected chi connectivity index (χ1v) is 5.58. The van der Waals surface area contributed by atoms with Gasteiger partial charge in [0.1, 0.15) is 11.6 Å². The smallest absolute Gasteiger partial charge is 0.288 e. The Labute approximate surface area is 103 Å². The molecule has 0 atom stereocenters. The van der Waals surface area contributed by atoms with E-state index in [0.29, 0.717) is 5.69 Å². The summed E-state index contributed by atoms with van der Waals surface area (Å²) in [6.45, 7) is 1.31. The van der Waals surface area contributed by atoms with Crippen molar-refractivity contribution in [3.8, 4) is 0 Å². The van der Waals surface area contributed by atoms with Crippen LogP contribution in [-0.4, -0.2) is 28.8 Å². The lowest BCUT2D eigenvalue weighted by atomic mass is 10.4. The van der Waals surface area contributed by atoms with Crippen LogP contribution in [0.25, 0.3) is 0 Å². The standard InChI is InChI=1S/C10H12ClN4O2/c11-9-7(14-3-1-2-4-14)5-13-15(10(9)17)6-8(12)16/h1,5H,2-4,6H2,(H2,12,16). The molecular formula is C10H12ClN4O2. The summed E-state index contributed by atoms with van der Waals surface area (Å²) in [5.41, 5.74) is 5.12. The summed E-state index contributed by atoms with van der Waals surface area (Å²) >= 11 is 5.98. The summed E-state index contributed by atoms with van der Waals surface area (Å²) in [5.74, 6) is -0.627. The highest BCUT2D eigenvalue weighted by Crippen LogP contribution is 2.24. The minimum atomic E-state index is -0.627. The molecule has 1 aromatic rings. The number of nitrogens with zero attached hydrogens (tertiary/aromatic N) is 3. The fourth-order valence-corrected chi connectivity index (χ4v) is 2.01. The zero-order valence-corrected chi connectivity index (χ0v) is 9.85. The van der Waals surface area contributed by atoms with E-state index < -0.39 is 11.5 Å². The predicted octanol–water partition coefficient (Wildman–Crippen LogP) is -0.204. The van der Waals surface area contributed by atoms with Crippen LogP contribution in [0.1, 0.15) is 6.42 Å². The molecule has 6 nitrogen and oxygen atoms in total. The fraction of sp³-hybridized carbons (Fsp3) is 0.400. The van der Waals surface area contributed by atoms with Crippen molar-refractivity contribution in [2.45, 2.75) is 13.0 Å². The molecule has 0 unspecified atom stereocenters. The molecular weight excluding hydrogens is 244 g/mol. The van der Waals surface area contributed by atoms with Crippen molar-refractivity contribution in [2.75, 3.05) is 18.0 Å². The number of nitrogens with two attached hydrogens (primary N) is 1. The van der Waals surface area contributed by atoms with Gasteiger partial charge in [0.25, 0.3) is 5.56 Å². The van der Waals surface area contributed by atoms with Gasteiger partial charge in [0.05, 0.1) is 11.9 Å². The lowest BCUT2D eigenvalue weighted by Crippen LogP contribution is -2.32. The molecule has 0 spiro atoms. The highest BCUT2D eigenvalue weighted by atomic mass is 35.5. The normalized spacial score (nSPS) is 15.2. The maximum atomic E-state index is 11.8. The van der Waals surface area contributed by atoms with E-state index in [9.17, 15) is 9.59 Å². The highest BCUT2D eigenvalue weighted by molar-refractivity contribution is 6.33. The zero-order chi connectivity index (χ0) is 12.4. The summed E-state index contributed by atoms with van der Waals surface area (Å²) in [4.78, 5) is 24.5. The van der Waals surface area contributed by atoms with E-state index in [1.54, 1.807) is 0 Å². The molecule has 1 aromatic heterocycles. The van der Waals surface area contributed by atoms with Gasteiger partial charge in [0.2, 0.25) is 5.91 Å². The van der Waals surface area contributed by atoms with E-state index in [-0.39, 0.29) is 11.6 Å². The maximum Gasteiger partial charge on any atom is 0.288 e. The number of anilines is 1. The van der Waals surface area contributed by atoms with Gasteiger partial charge in [-0.25, -0.2) is 4.68 Å². The monoisotopic (exact) mass is 255 g/mol. The summed E-state index contributed by atoms with van der Waals surface area (Å²) in [6.07, 6.45) is 4.55. The summed E-state index contributed by atoms with van der Waals surface area (Å²) in [5, 5.41) is 3.97. The molecule has 1 fully saturated rings. The highest BCUT2D eigenvalue weighted by Gasteiger charge is 2.19. The second-order valence-electron chi connectivity index (χ2n) is 3.80. The van der Waals surface area contributed by atoms with Crippen LogP contribution in [0, 0.1) is 6.42 Å². The largest absolute Gasteiger partial charge is 0.369 e. The molecule has 0 saturated carbocycles. The number of rotatable bonds is 3. The average molecular weight is 256 g/mol. The van der Waals surface area contributed by atoms with Gasteiger partial charge in [-0.3, -0.25) is 9.59 Å². The van der Waals surface area contributed by atoms with Gasteiger partial charge in [-0.15, -0.1) is 0 Å². The van der Waals surface area contributed by atoms with Crippen molar-refractivity contribution < 1.29 is 4.79 Å². The third-order valence-electron chi connectivity index (χ3n) is 2.57. The SMILES string of the molecule is NC(=O)Cn1ncc(N2C[CH]CC2)c(Cl)c1=O. The lowest BCUT2D eigenvalue weighted by Gasteiger charge is -2.18. The summed E-state index contributed by atoms with van der Waals surface area (Å²) in [7, 11) is 0. The van der Waals surface area contributed by atoms with E-state index in [1.807, 2.05) is 4.90 Å². The Bertz CT molecular complexity index is 494. The minimum absolute atomic E-state index is 0.0801. The van der Waals surface area contributed by atoms with Crippen LogP contribution < -0.4 is 16.2 Å². The number of hydrogen-bond acceptors (Lipinski definition) is 4. The van der Waals surface area contributed by atoms with Crippen LogP contribution >= 0.6 is 11.6 Å². The lowest BCUT2D eigenvalue weighted by molar-refractivity contribution is -0.118. The van der Waals surface area contributed by atoms with Gasteiger partial charge in [-0.05, 0) is 12.8 Å². The zero-order valence-electron chi connectivity index (χ0n) is 9.10. The molecule has 0 aliphatic carbocycles. The molecule has 1 saturated heterocycles. The molecule has 1 amide bonds. The van der Waals surface area contributed by atoms with Crippen LogP contribution in [0.4, 0.5) is 5.69 Å². The van der Waals surface area contributed by atoms with Crippen molar-refractivity contribution in [1.82, 2.24) is 9.78 Å². The Morgan fingerprint density at radius 3 is 2.94 bits per heavy atom. The Kier molecular flexibility index (Phi) is 3.33. The number of carbonyl (C=O) groups excluding carboxylic acids is 1. The van der Waals surface area contributed by atoms with Gasteiger partial charge < -0.3 is 10.6 Å².